The maximum atomic E-state index is 13.2. The molecule has 1 aromatic rings. The van der Waals surface area contributed by atoms with Gasteiger partial charge >= 0.3 is 0 Å². The minimum absolute atomic E-state index is 0.0135. The number of benzene rings is 1. The second kappa shape index (κ2) is 6.87. The summed E-state index contributed by atoms with van der Waals surface area (Å²) in [7, 11) is 0. The molecular formula is C14H19FN2O2. The molecule has 104 valence electrons. The van der Waals surface area contributed by atoms with Crippen molar-refractivity contribution in [1.29, 1.82) is 0 Å². The van der Waals surface area contributed by atoms with Crippen LogP contribution in [0.25, 0.3) is 0 Å². The Kier molecular flexibility index (Phi) is 5.48. The van der Waals surface area contributed by atoms with E-state index in [2.05, 4.69) is 5.32 Å². The van der Waals surface area contributed by atoms with Gasteiger partial charge in [0.25, 0.3) is 5.91 Å². The number of hydrogen-bond acceptors (Lipinski definition) is 2. The molecule has 5 heteroatoms. The van der Waals surface area contributed by atoms with E-state index in [4.69, 9.17) is 0 Å². The summed E-state index contributed by atoms with van der Waals surface area (Å²) in [5.41, 5.74) is 0.810. The molecule has 0 fully saturated rings. The molecule has 19 heavy (non-hydrogen) atoms. The number of rotatable bonds is 5. The van der Waals surface area contributed by atoms with E-state index in [1.54, 1.807) is 13.8 Å². The molecule has 0 saturated carbocycles. The SMILES string of the molecule is CCNC(=O)CN(CC)C(=O)c1ccc(F)c(C)c1. The Balaban J connectivity index is 2.83. The van der Waals surface area contributed by atoms with Crippen LogP contribution in [0.2, 0.25) is 0 Å². The highest BCUT2D eigenvalue weighted by atomic mass is 19.1. The van der Waals surface area contributed by atoms with Gasteiger partial charge in [0.05, 0.1) is 6.54 Å². The molecule has 0 unspecified atom stereocenters. The van der Waals surface area contributed by atoms with Crippen molar-refractivity contribution < 1.29 is 14.0 Å². The van der Waals surface area contributed by atoms with Crippen molar-refractivity contribution >= 4 is 11.8 Å². The van der Waals surface area contributed by atoms with Gasteiger partial charge in [0, 0.05) is 18.7 Å². The number of hydrogen-bond donors (Lipinski definition) is 1. The molecule has 0 aliphatic heterocycles. The summed E-state index contributed by atoms with van der Waals surface area (Å²) >= 11 is 0. The lowest BCUT2D eigenvalue weighted by Gasteiger charge is -2.20. The van der Waals surface area contributed by atoms with Crippen LogP contribution in [-0.4, -0.2) is 36.3 Å². The van der Waals surface area contributed by atoms with Crippen molar-refractivity contribution in [3.63, 3.8) is 0 Å². The van der Waals surface area contributed by atoms with Gasteiger partial charge in [-0.1, -0.05) is 0 Å². The molecule has 0 heterocycles. The van der Waals surface area contributed by atoms with Crippen molar-refractivity contribution in [1.82, 2.24) is 10.2 Å². The Morgan fingerprint density at radius 2 is 2.00 bits per heavy atom. The van der Waals surface area contributed by atoms with Crippen LogP contribution in [0.4, 0.5) is 4.39 Å². The predicted molar refractivity (Wildman–Crippen MR) is 71.4 cm³/mol. The predicted octanol–water partition coefficient (Wildman–Crippen LogP) is 1.73. The third-order valence-corrected chi connectivity index (χ3v) is 2.78. The second-order valence-electron chi connectivity index (χ2n) is 4.24. The van der Waals surface area contributed by atoms with E-state index in [1.807, 2.05) is 6.92 Å². The zero-order valence-electron chi connectivity index (χ0n) is 11.5. The lowest BCUT2D eigenvalue weighted by molar-refractivity contribution is -0.121. The van der Waals surface area contributed by atoms with E-state index >= 15 is 0 Å². The number of amides is 2. The second-order valence-corrected chi connectivity index (χ2v) is 4.24. The molecular weight excluding hydrogens is 247 g/mol. The van der Waals surface area contributed by atoms with Crippen LogP contribution in [-0.2, 0) is 4.79 Å². The van der Waals surface area contributed by atoms with Crippen molar-refractivity contribution in [2.45, 2.75) is 20.8 Å². The topological polar surface area (TPSA) is 49.4 Å². The molecule has 0 aliphatic carbocycles. The lowest BCUT2D eigenvalue weighted by Crippen LogP contribution is -2.40. The normalized spacial score (nSPS) is 10.1. The summed E-state index contributed by atoms with van der Waals surface area (Å²) in [6.07, 6.45) is 0. The quantitative estimate of drug-likeness (QED) is 0.882. The third kappa shape index (κ3) is 4.05. The molecule has 2 amide bonds. The zero-order valence-corrected chi connectivity index (χ0v) is 11.5. The van der Waals surface area contributed by atoms with Crippen LogP contribution in [0.3, 0.4) is 0 Å². The highest BCUT2D eigenvalue weighted by molar-refractivity contribution is 5.96. The number of aryl methyl sites for hydroxylation is 1. The first-order valence-corrected chi connectivity index (χ1v) is 6.31. The van der Waals surface area contributed by atoms with E-state index in [-0.39, 0.29) is 24.2 Å². The van der Waals surface area contributed by atoms with Crippen LogP contribution >= 0.6 is 0 Å². The van der Waals surface area contributed by atoms with Crippen LogP contribution in [0.1, 0.15) is 29.8 Å². The largest absolute Gasteiger partial charge is 0.355 e. The highest BCUT2D eigenvalue weighted by Gasteiger charge is 2.17. The Morgan fingerprint density at radius 3 is 2.53 bits per heavy atom. The van der Waals surface area contributed by atoms with Crippen molar-refractivity contribution in [3.8, 4) is 0 Å². The first-order chi connectivity index (χ1) is 8.99. The average molecular weight is 266 g/mol. The van der Waals surface area contributed by atoms with Crippen LogP contribution in [0, 0.1) is 12.7 Å². The van der Waals surface area contributed by atoms with Gasteiger partial charge in [-0.3, -0.25) is 9.59 Å². The minimum atomic E-state index is -0.344. The van der Waals surface area contributed by atoms with Gasteiger partial charge in [0.15, 0.2) is 0 Å². The first kappa shape index (κ1) is 15.1. The van der Waals surface area contributed by atoms with E-state index in [1.165, 1.54) is 23.1 Å². The number of nitrogens with zero attached hydrogens (tertiary/aromatic N) is 1. The molecule has 0 bridgehead atoms. The minimum Gasteiger partial charge on any atom is -0.355 e. The Morgan fingerprint density at radius 1 is 1.32 bits per heavy atom. The highest BCUT2D eigenvalue weighted by Crippen LogP contribution is 2.11. The standard InChI is InChI=1S/C14H19FN2O2/c1-4-16-13(18)9-17(5-2)14(19)11-6-7-12(15)10(3)8-11/h6-8H,4-5,9H2,1-3H3,(H,16,18). The summed E-state index contributed by atoms with van der Waals surface area (Å²) in [4.78, 5) is 25.1. The van der Waals surface area contributed by atoms with Crippen molar-refractivity contribution in [2.24, 2.45) is 0 Å². The molecule has 1 N–H and O–H groups in total. The third-order valence-electron chi connectivity index (χ3n) is 2.78. The van der Waals surface area contributed by atoms with Crippen molar-refractivity contribution in [3.05, 3.63) is 35.1 Å². The molecule has 1 rings (SSSR count). The number of nitrogens with one attached hydrogen (secondary N) is 1. The van der Waals surface area contributed by atoms with Gasteiger partial charge in [-0.15, -0.1) is 0 Å². The monoisotopic (exact) mass is 266 g/mol. The van der Waals surface area contributed by atoms with Crippen molar-refractivity contribution in [2.75, 3.05) is 19.6 Å². The molecule has 0 radical (unpaired) electrons. The molecule has 0 saturated heterocycles. The maximum absolute atomic E-state index is 13.2. The van der Waals surface area contributed by atoms with E-state index in [0.29, 0.717) is 24.2 Å². The van der Waals surface area contributed by atoms with Crippen LogP contribution < -0.4 is 5.32 Å². The first-order valence-electron chi connectivity index (χ1n) is 6.31. The van der Waals surface area contributed by atoms with Gasteiger partial charge in [-0.25, -0.2) is 4.39 Å². The smallest absolute Gasteiger partial charge is 0.254 e. The Hall–Kier alpha value is -1.91. The molecule has 0 spiro atoms. The summed E-state index contributed by atoms with van der Waals surface area (Å²) in [5, 5.41) is 2.64. The van der Waals surface area contributed by atoms with E-state index < -0.39 is 0 Å². The number of likely N-dealkylation sites (N-methyl/N-ethyl adjacent to an activating group) is 2. The summed E-state index contributed by atoms with van der Waals surface area (Å²) in [5.74, 6) is -0.809. The number of halogens is 1. The lowest BCUT2D eigenvalue weighted by atomic mass is 10.1. The fourth-order valence-corrected chi connectivity index (χ4v) is 1.71. The molecule has 0 atom stereocenters. The van der Waals surface area contributed by atoms with Gasteiger partial charge < -0.3 is 10.2 Å². The molecule has 0 aliphatic rings. The fraction of sp³-hybridized carbons (Fsp3) is 0.429. The van der Waals surface area contributed by atoms with E-state index in [0.717, 1.165) is 0 Å². The van der Waals surface area contributed by atoms with E-state index in [9.17, 15) is 14.0 Å². The van der Waals surface area contributed by atoms with Gasteiger partial charge in [-0.05, 0) is 44.5 Å². The Bertz CT molecular complexity index is 475. The molecule has 1 aromatic carbocycles. The molecule has 4 nitrogen and oxygen atoms in total. The molecule has 0 aromatic heterocycles. The van der Waals surface area contributed by atoms with Crippen LogP contribution in [0.5, 0.6) is 0 Å². The zero-order chi connectivity index (χ0) is 14.4. The number of carbonyl (C=O) groups excluding carboxylic acids is 2. The number of carbonyl (C=O) groups is 2. The summed E-state index contributed by atoms with van der Waals surface area (Å²) in [6, 6.07) is 4.20. The fourth-order valence-electron chi connectivity index (χ4n) is 1.71. The van der Waals surface area contributed by atoms with Crippen LogP contribution in [0.15, 0.2) is 18.2 Å². The summed E-state index contributed by atoms with van der Waals surface area (Å²) < 4.78 is 13.2. The summed E-state index contributed by atoms with van der Waals surface area (Å²) in [6.45, 7) is 6.19. The Labute approximate surface area is 112 Å². The maximum Gasteiger partial charge on any atom is 0.254 e. The van der Waals surface area contributed by atoms with Gasteiger partial charge in [0.1, 0.15) is 5.82 Å². The van der Waals surface area contributed by atoms with Gasteiger partial charge in [0.2, 0.25) is 5.91 Å². The van der Waals surface area contributed by atoms with Gasteiger partial charge in [-0.2, -0.15) is 0 Å². The average Bonchev–Trinajstić information content (AvgIpc) is 2.38.